The van der Waals surface area contributed by atoms with Gasteiger partial charge >= 0.3 is 5.97 Å². The molecule has 2 rings (SSSR count). The average Bonchev–Trinajstić information content (AvgIpc) is 2.77. The highest BCUT2D eigenvalue weighted by Gasteiger charge is 2.13. The number of carboxylic acids is 1. The Balaban J connectivity index is 2.34. The number of hydrogen-bond donors (Lipinski definition) is 2. The van der Waals surface area contributed by atoms with E-state index in [4.69, 9.17) is 5.11 Å². The zero-order valence-electron chi connectivity index (χ0n) is 9.23. The van der Waals surface area contributed by atoms with E-state index in [0.717, 1.165) is 5.56 Å². The smallest absolute Gasteiger partial charge is 0.352 e. The number of aryl methyl sites for hydroxylation is 1. The summed E-state index contributed by atoms with van der Waals surface area (Å²) in [5.41, 5.74) is 1.83. The number of carboxylic acid groups (broad SMARTS) is 1. The quantitative estimate of drug-likeness (QED) is 0.793. The standard InChI is InChI=1S/C13H11NO3/c1-8-3-2-4-9(7-8)12(15)10-5-6-11(14-10)13(16)17/h2-7,14H,1H3,(H,16,17). The maximum atomic E-state index is 12.0. The van der Waals surface area contributed by atoms with Crippen LogP contribution in [-0.2, 0) is 0 Å². The fraction of sp³-hybridized carbons (Fsp3) is 0.0769. The predicted molar refractivity (Wildman–Crippen MR) is 62.4 cm³/mol. The van der Waals surface area contributed by atoms with Gasteiger partial charge in [-0.25, -0.2) is 4.79 Å². The Labute approximate surface area is 97.9 Å². The molecule has 0 aliphatic carbocycles. The Hall–Kier alpha value is -2.36. The molecule has 0 aliphatic heterocycles. The molecule has 0 spiro atoms. The summed E-state index contributed by atoms with van der Waals surface area (Å²) in [4.78, 5) is 25.3. The number of nitrogens with one attached hydrogen (secondary N) is 1. The van der Waals surface area contributed by atoms with E-state index in [1.165, 1.54) is 12.1 Å². The van der Waals surface area contributed by atoms with Crippen LogP contribution in [-0.4, -0.2) is 21.8 Å². The molecule has 0 aliphatic rings. The van der Waals surface area contributed by atoms with E-state index in [-0.39, 0.29) is 17.2 Å². The number of H-pyrrole nitrogens is 1. The van der Waals surface area contributed by atoms with E-state index in [1.54, 1.807) is 18.2 Å². The molecule has 1 heterocycles. The van der Waals surface area contributed by atoms with Gasteiger partial charge in [-0.3, -0.25) is 4.79 Å². The van der Waals surface area contributed by atoms with Crippen LogP contribution >= 0.6 is 0 Å². The van der Waals surface area contributed by atoms with Crippen LogP contribution < -0.4 is 0 Å². The normalized spacial score (nSPS) is 10.2. The number of aromatic amines is 1. The van der Waals surface area contributed by atoms with Gasteiger partial charge in [0.2, 0.25) is 5.78 Å². The predicted octanol–water partition coefficient (Wildman–Crippen LogP) is 2.25. The SMILES string of the molecule is Cc1cccc(C(=O)c2ccc(C(=O)O)[nH]2)c1. The lowest BCUT2D eigenvalue weighted by atomic mass is 10.1. The zero-order valence-corrected chi connectivity index (χ0v) is 9.23. The fourth-order valence-corrected chi connectivity index (χ4v) is 1.59. The summed E-state index contributed by atoms with van der Waals surface area (Å²) in [6.45, 7) is 1.90. The first-order chi connectivity index (χ1) is 8.08. The fourth-order valence-electron chi connectivity index (χ4n) is 1.59. The highest BCUT2D eigenvalue weighted by molar-refractivity contribution is 6.08. The second kappa shape index (κ2) is 4.25. The summed E-state index contributed by atoms with van der Waals surface area (Å²) in [5.74, 6) is -1.28. The molecule has 0 atom stereocenters. The van der Waals surface area contributed by atoms with Gasteiger partial charge in [0.1, 0.15) is 5.69 Å². The van der Waals surface area contributed by atoms with Crippen molar-refractivity contribution < 1.29 is 14.7 Å². The summed E-state index contributed by atoms with van der Waals surface area (Å²) < 4.78 is 0. The number of benzene rings is 1. The molecule has 4 heteroatoms. The second-order valence-electron chi connectivity index (χ2n) is 3.79. The highest BCUT2D eigenvalue weighted by Crippen LogP contribution is 2.11. The number of rotatable bonds is 3. The van der Waals surface area contributed by atoms with Gasteiger partial charge in [-0.1, -0.05) is 23.8 Å². The van der Waals surface area contributed by atoms with E-state index in [1.807, 2.05) is 13.0 Å². The molecule has 0 saturated carbocycles. The maximum Gasteiger partial charge on any atom is 0.352 e. The Bertz CT molecular complexity index is 584. The summed E-state index contributed by atoms with van der Waals surface area (Å²) in [7, 11) is 0. The van der Waals surface area contributed by atoms with Crippen molar-refractivity contribution in [3.63, 3.8) is 0 Å². The molecule has 1 aromatic carbocycles. The molecular weight excluding hydrogens is 218 g/mol. The van der Waals surface area contributed by atoms with Crippen molar-refractivity contribution in [3.8, 4) is 0 Å². The molecule has 86 valence electrons. The summed E-state index contributed by atoms with van der Waals surface area (Å²) in [6.07, 6.45) is 0. The van der Waals surface area contributed by atoms with Gasteiger partial charge in [-0.2, -0.15) is 0 Å². The second-order valence-corrected chi connectivity index (χ2v) is 3.79. The molecule has 2 aromatic rings. The van der Waals surface area contributed by atoms with Crippen LogP contribution in [0.4, 0.5) is 0 Å². The van der Waals surface area contributed by atoms with Crippen LogP contribution in [0.3, 0.4) is 0 Å². The molecule has 1 aromatic heterocycles. The van der Waals surface area contributed by atoms with Crippen molar-refractivity contribution in [2.75, 3.05) is 0 Å². The van der Waals surface area contributed by atoms with Crippen LogP contribution in [0.5, 0.6) is 0 Å². The molecular formula is C13H11NO3. The zero-order chi connectivity index (χ0) is 12.4. The molecule has 17 heavy (non-hydrogen) atoms. The number of carbonyl (C=O) groups excluding carboxylic acids is 1. The van der Waals surface area contributed by atoms with Crippen molar-refractivity contribution >= 4 is 11.8 Å². The lowest BCUT2D eigenvalue weighted by Gasteiger charge is -1.99. The average molecular weight is 229 g/mol. The molecule has 2 N–H and O–H groups in total. The molecule has 0 bridgehead atoms. The molecule has 4 nitrogen and oxygen atoms in total. The maximum absolute atomic E-state index is 12.0. The molecule has 0 saturated heterocycles. The minimum atomic E-state index is -1.08. The Morgan fingerprint density at radius 1 is 1.12 bits per heavy atom. The van der Waals surface area contributed by atoms with E-state index in [2.05, 4.69) is 4.98 Å². The lowest BCUT2D eigenvalue weighted by molar-refractivity contribution is 0.0691. The first kappa shape index (κ1) is 11.1. The van der Waals surface area contributed by atoms with E-state index in [0.29, 0.717) is 5.56 Å². The molecule has 0 amide bonds. The van der Waals surface area contributed by atoms with Crippen LogP contribution in [0.2, 0.25) is 0 Å². The van der Waals surface area contributed by atoms with Crippen LogP contribution in [0.25, 0.3) is 0 Å². The molecule has 0 fully saturated rings. The van der Waals surface area contributed by atoms with E-state index < -0.39 is 5.97 Å². The molecule has 0 radical (unpaired) electrons. The minimum absolute atomic E-state index is 0.0148. The largest absolute Gasteiger partial charge is 0.477 e. The first-order valence-corrected chi connectivity index (χ1v) is 5.11. The summed E-state index contributed by atoms with van der Waals surface area (Å²) in [5, 5.41) is 8.75. The van der Waals surface area contributed by atoms with Gasteiger partial charge in [0, 0.05) is 5.56 Å². The van der Waals surface area contributed by atoms with Gasteiger partial charge in [0.25, 0.3) is 0 Å². The summed E-state index contributed by atoms with van der Waals surface area (Å²) in [6, 6.07) is 10.0. The topological polar surface area (TPSA) is 70.2 Å². The molecule has 0 unspecified atom stereocenters. The van der Waals surface area contributed by atoms with E-state index >= 15 is 0 Å². The van der Waals surface area contributed by atoms with Gasteiger partial charge < -0.3 is 10.1 Å². The van der Waals surface area contributed by atoms with Crippen molar-refractivity contribution in [1.29, 1.82) is 0 Å². The van der Waals surface area contributed by atoms with Crippen molar-refractivity contribution in [1.82, 2.24) is 4.98 Å². The van der Waals surface area contributed by atoms with Crippen LogP contribution in [0, 0.1) is 6.92 Å². The first-order valence-electron chi connectivity index (χ1n) is 5.11. The highest BCUT2D eigenvalue weighted by atomic mass is 16.4. The van der Waals surface area contributed by atoms with Crippen molar-refractivity contribution in [3.05, 3.63) is 58.9 Å². The number of hydrogen-bond acceptors (Lipinski definition) is 2. The number of aromatic carboxylic acids is 1. The third kappa shape index (κ3) is 2.25. The van der Waals surface area contributed by atoms with Crippen molar-refractivity contribution in [2.24, 2.45) is 0 Å². The van der Waals surface area contributed by atoms with Gasteiger partial charge in [0.15, 0.2) is 0 Å². The third-order valence-corrected chi connectivity index (χ3v) is 2.44. The third-order valence-electron chi connectivity index (χ3n) is 2.44. The number of carbonyl (C=O) groups is 2. The van der Waals surface area contributed by atoms with Gasteiger partial charge in [0.05, 0.1) is 5.69 Å². The lowest BCUT2D eigenvalue weighted by Crippen LogP contribution is -2.03. The van der Waals surface area contributed by atoms with Gasteiger partial charge in [-0.15, -0.1) is 0 Å². The Morgan fingerprint density at radius 2 is 1.82 bits per heavy atom. The minimum Gasteiger partial charge on any atom is -0.477 e. The van der Waals surface area contributed by atoms with Gasteiger partial charge in [-0.05, 0) is 25.1 Å². The van der Waals surface area contributed by atoms with Crippen molar-refractivity contribution in [2.45, 2.75) is 6.92 Å². The monoisotopic (exact) mass is 229 g/mol. The van der Waals surface area contributed by atoms with Crippen LogP contribution in [0.15, 0.2) is 36.4 Å². The van der Waals surface area contributed by atoms with E-state index in [9.17, 15) is 9.59 Å². The number of ketones is 1. The van der Waals surface area contributed by atoms with Crippen LogP contribution in [0.1, 0.15) is 32.1 Å². The number of aromatic nitrogens is 1. The Morgan fingerprint density at radius 3 is 2.41 bits per heavy atom. The summed E-state index contributed by atoms with van der Waals surface area (Å²) >= 11 is 0. The Kier molecular flexibility index (Phi) is 2.78.